The van der Waals surface area contributed by atoms with Crippen LogP contribution in [0.3, 0.4) is 0 Å². The average molecular weight is 425 g/mol. The molecule has 0 spiro atoms. The van der Waals surface area contributed by atoms with Gasteiger partial charge >= 0.3 is 5.97 Å². The molecular formula is C18H28N2O4Y. The molecule has 1 amide bonds. The molecule has 1 unspecified atom stereocenters. The maximum Gasteiger partial charge on any atom is 0.340 e. The van der Waals surface area contributed by atoms with Crippen molar-refractivity contribution in [2.75, 3.05) is 33.1 Å². The number of anilines is 1. The molecule has 1 aromatic carbocycles. The Hall–Kier alpha value is -0.976. The fourth-order valence-corrected chi connectivity index (χ4v) is 2.51. The van der Waals surface area contributed by atoms with Crippen LogP contribution in [0.25, 0.3) is 0 Å². The van der Waals surface area contributed by atoms with Crippen molar-refractivity contribution in [3.8, 4) is 5.75 Å². The molecule has 0 aliphatic carbocycles. The van der Waals surface area contributed by atoms with Gasteiger partial charge < -0.3 is 14.8 Å². The molecule has 137 valence electrons. The summed E-state index contributed by atoms with van der Waals surface area (Å²) in [6, 6.07) is 3.11. The monoisotopic (exact) mass is 425 g/mol. The molecule has 1 aromatic rings. The number of nitrogens with one attached hydrogen (secondary N) is 1. The maximum atomic E-state index is 12.6. The van der Waals surface area contributed by atoms with E-state index in [2.05, 4.69) is 5.32 Å². The first-order chi connectivity index (χ1) is 11.3. The fraction of sp³-hybridized carbons (Fsp3) is 0.556. The minimum atomic E-state index is -0.480. The predicted molar refractivity (Wildman–Crippen MR) is 94.7 cm³/mol. The van der Waals surface area contributed by atoms with Gasteiger partial charge in [-0.1, -0.05) is 13.3 Å². The van der Waals surface area contributed by atoms with E-state index in [1.54, 1.807) is 19.1 Å². The summed E-state index contributed by atoms with van der Waals surface area (Å²) in [7, 11) is 5.27. The number of nitrogens with zero attached hydrogens (tertiary/aromatic N) is 1. The summed E-state index contributed by atoms with van der Waals surface area (Å²) in [4.78, 5) is 26.8. The van der Waals surface area contributed by atoms with E-state index in [0.29, 0.717) is 17.0 Å². The number of amides is 1. The van der Waals surface area contributed by atoms with Crippen molar-refractivity contribution in [3.05, 3.63) is 23.3 Å². The van der Waals surface area contributed by atoms with Crippen LogP contribution in [0.15, 0.2) is 12.1 Å². The van der Waals surface area contributed by atoms with E-state index in [1.807, 2.05) is 32.8 Å². The molecule has 25 heavy (non-hydrogen) atoms. The quantitative estimate of drug-likeness (QED) is 0.649. The third kappa shape index (κ3) is 6.68. The fourth-order valence-electron chi connectivity index (χ4n) is 2.51. The van der Waals surface area contributed by atoms with Crippen LogP contribution in [0.4, 0.5) is 5.69 Å². The summed E-state index contributed by atoms with van der Waals surface area (Å²) in [6.07, 6.45) is 1.63. The smallest absolute Gasteiger partial charge is 0.340 e. The number of hydrogen-bond acceptors (Lipinski definition) is 5. The van der Waals surface area contributed by atoms with Crippen molar-refractivity contribution >= 4 is 17.6 Å². The summed E-state index contributed by atoms with van der Waals surface area (Å²) in [5, 5.41) is 2.90. The molecule has 1 N–H and O–H groups in total. The zero-order chi connectivity index (χ0) is 18.3. The number of hydrogen-bond donors (Lipinski definition) is 1. The average Bonchev–Trinajstić information content (AvgIpc) is 2.53. The number of carbonyl (C=O) groups is 2. The third-order valence-corrected chi connectivity index (χ3v) is 3.78. The number of carbonyl (C=O) groups excluding carboxylic acids is 2. The van der Waals surface area contributed by atoms with Gasteiger partial charge in [-0.3, -0.25) is 9.69 Å². The standard InChI is InChI=1S/C18H28N2O4.Y/c1-7-9-15(20(4)5)17(21)19-16-12(3)10-13(23-6)11-14(16)18(22)24-8-2;/h10-11,15H,7-9H2,1-6H3,(H,19,21);. The minimum absolute atomic E-state index is 0. The van der Waals surface area contributed by atoms with Gasteiger partial charge in [0.05, 0.1) is 31.0 Å². The van der Waals surface area contributed by atoms with Crippen LogP contribution in [0.1, 0.15) is 42.6 Å². The van der Waals surface area contributed by atoms with Crippen LogP contribution in [0.2, 0.25) is 0 Å². The van der Waals surface area contributed by atoms with E-state index < -0.39 is 5.97 Å². The number of ether oxygens (including phenoxy) is 2. The summed E-state index contributed by atoms with van der Waals surface area (Å²) < 4.78 is 10.3. The van der Waals surface area contributed by atoms with Crippen LogP contribution in [-0.2, 0) is 42.2 Å². The van der Waals surface area contributed by atoms with Crippen molar-refractivity contribution in [3.63, 3.8) is 0 Å². The molecule has 0 bridgehead atoms. The SMILES string of the molecule is CCCC(C(=O)Nc1c(C)cc(OC)cc1C(=O)OCC)N(C)C.[Y]. The second-order valence-corrected chi connectivity index (χ2v) is 5.84. The summed E-state index contributed by atoms with van der Waals surface area (Å²) in [6.45, 7) is 5.86. The van der Waals surface area contributed by atoms with Crippen molar-refractivity contribution in [1.29, 1.82) is 0 Å². The second-order valence-electron chi connectivity index (χ2n) is 5.84. The van der Waals surface area contributed by atoms with Gasteiger partial charge in [-0.25, -0.2) is 4.79 Å². The van der Waals surface area contributed by atoms with Gasteiger partial charge in [-0.05, 0) is 52.1 Å². The van der Waals surface area contributed by atoms with Gasteiger partial charge in [0.15, 0.2) is 0 Å². The number of benzene rings is 1. The Labute approximate surface area is 175 Å². The summed E-state index contributed by atoms with van der Waals surface area (Å²) >= 11 is 0. The topological polar surface area (TPSA) is 67.9 Å². The summed E-state index contributed by atoms with van der Waals surface area (Å²) in [5.74, 6) is -0.0707. The molecule has 0 saturated heterocycles. The Balaban J connectivity index is 0.00000576. The summed E-state index contributed by atoms with van der Waals surface area (Å²) in [5.41, 5.74) is 1.53. The maximum absolute atomic E-state index is 12.6. The molecule has 7 heteroatoms. The number of esters is 1. The van der Waals surface area contributed by atoms with E-state index in [4.69, 9.17) is 9.47 Å². The van der Waals surface area contributed by atoms with Crippen LogP contribution in [0, 0.1) is 6.92 Å². The first kappa shape index (κ1) is 24.0. The normalized spacial score (nSPS) is 11.5. The van der Waals surface area contributed by atoms with Gasteiger partial charge in [-0.15, -0.1) is 0 Å². The van der Waals surface area contributed by atoms with Gasteiger partial charge in [0, 0.05) is 32.7 Å². The molecule has 0 fully saturated rings. The zero-order valence-corrected chi connectivity index (χ0v) is 18.8. The Kier molecular flexibility index (Phi) is 11.2. The molecular weight excluding hydrogens is 397 g/mol. The Morgan fingerprint density at radius 3 is 2.36 bits per heavy atom. The van der Waals surface area contributed by atoms with Crippen LogP contribution >= 0.6 is 0 Å². The van der Waals surface area contributed by atoms with Crippen LogP contribution in [-0.4, -0.2) is 50.6 Å². The van der Waals surface area contributed by atoms with Gasteiger partial charge in [-0.2, -0.15) is 0 Å². The minimum Gasteiger partial charge on any atom is -0.497 e. The molecule has 0 aromatic heterocycles. The largest absolute Gasteiger partial charge is 0.497 e. The van der Waals surface area contributed by atoms with E-state index in [0.717, 1.165) is 18.4 Å². The molecule has 0 saturated carbocycles. The van der Waals surface area contributed by atoms with E-state index in [1.165, 1.54) is 7.11 Å². The van der Waals surface area contributed by atoms with Crippen LogP contribution in [0.5, 0.6) is 5.75 Å². The first-order valence-electron chi connectivity index (χ1n) is 8.18. The van der Waals surface area contributed by atoms with Gasteiger partial charge in [0.2, 0.25) is 5.91 Å². The Morgan fingerprint density at radius 1 is 1.24 bits per heavy atom. The van der Waals surface area contributed by atoms with Crippen LogP contribution < -0.4 is 10.1 Å². The molecule has 0 aliphatic rings. The number of rotatable bonds is 8. The third-order valence-electron chi connectivity index (χ3n) is 3.78. The Bertz CT molecular complexity index is 591. The second kappa shape index (κ2) is 11.6. The van der Waals surface area contributed by atoms with E-state index >= 15 is 0 Å². The zero-order valence-electron chi connectivity index (χ0n) is 16.0. The molecule has 1 rings (SSSR count). The van der Waals surface area contributed by atoms with Crippen molar-refractivity contribution in [1.82, 2.24) is 4.90 Å². The van der Waals surface area contributed by atoms with Gasteiger partial charge in [0.25, 0.3) is 0 Å². The van der Waals surface area contributed by atoms with Crippen molar-refractivity contribution < 1.29 is 51.8 Å². The number of methoxy groups -OCH3 is 1. The molecule has 0 heterocycles. The molecule has 6 nitrogen and oxygen atoms in total. The van der Waals surface area contributed by atoms with Crippen molar-refractivity contribution in [2.45, 2.75) is 39.7 Å². The Morgan fingerprint density at radius 2 is 1.88 bits per heavy atom. The molecule has 1 atom stereocenters. The number of likely N-dealkylation sites (N-methyl/N-ethyl adjacent to an activating group) is 1. The molecule has 0 aliphatic heterocycles. The van der Waals surface area contributed by atoms with E-state index in [-0.39, 0.29) is 51.3 Å². The molecule has 1 radical (unpaired) electrons. The van der Waals surface area contributed by atoms with E-state index in [9.17, 15) is 9.59 Å². The van der Waals surface area contributed by atoms with Crippen molar-refractivity contribution in [2.24, 2.45) is 0 Å². The van der Waals surface area contributed by atoms with Gasteiger partial charge in [0.1, 0.15) is 5.75 Å². The number of aryl methyl sites for hydroxylation is 1. The first-order valence-corrected chi connectivity index (χ1v) is 8.18. The predicted octanol–water partition coefficient (Wildman–Crippen LogP) is 2.85.